The molecule has 80 heavy (non-hydrogen) atoms. The fourth-order valence-electron chi connectivity index (χ4n) is 8.40. The summed E-state index contributed by atoms with van der Waals surface area (Å²) in [7, 11) is 0. The van der Waals surface area contributed by atoms with E-state index >= 15 is 0 Å². The molecule has 1 aromatic heterocycles. The van der Waals surface area contributed by atoms with Gasteiger partial charge in [-0.15, -0.1) is 22.7 Å². The van der Waals surface area contributed by atoms with Crippen LogP contribution in [-0.2, 0) is 89.2 Å². The highest BCUT2D eigenvalue weighted by Crippen LogP contribution is 2.43. The normalized spacial score (nSPS) is 16.6. The molecule has 1 heterocycles. The molecule has 2 saturated carbocycles. The number of hydrogen-bond donors (Lipinski definition) is 0. The fraction of sp³-hybridized carbons (Fsp3) is 0.421. The van der Waals surface area contributed by atoms with Crippen LogP contribution >= 0.6 is 34.9 Å². The Morgan fingerprint density at radius 1 is 0.412 bits per heavy atom. The molecule has 2 aliphatic rings. The van der Waals surface area contributed by atoms with Crippen molar-refractivity contribution in [3.8, 4) is 23.0 Å². The number of benzene rings is 3. The molecular weight excluding hydrogens is 1100 g/mol. The molecule has 23 heteroatoms. The van der Waals surface area contributed by atoms with Crippen molar-refractivity contribution in [1.82, 2.24) is 0 Å². The van der Waals surface area contributed by atoms with E-state index in [0.717, 1.165) is 23.3 Å². The second kappa shape index (κ2) is 31.8. The lowest BCUT2D eigenvalue weighted by atomic mass is 9.82. The van der Waals surface area contributed by atoms with Gasteiger partial charge in [-0.1, -0.05) is 49.6 Å². The monoisotopic (exact) mass is 1160 g/mol. The van der Waals surface area contributed by atoms with Gasteiger partial charge in [-0.2, -0.15) is 0 Å². The Labute approximate surface area is 473 Å². The lowest BCUT2D eigenvalue weighted by Crippen LogP contribution is -2.30. The molecule has 0 aliphatic heterocycles. The maximum Gasteiger partial charge on any atom is 0.330 e. The molecular formula is C57H60O20S3. The number of carbonyl (C=O) groups excluding carboxylic acids is 10. The topological polar surface area (TPSA) is 263 Å². The van der Waals surface area contributed by atoms with Crippen molar-refractivity contribution in [3.05, 3.63) is 100 Å². The van der Waals surface area contributed by atoms with E-state index in [0.29, 0.717) is 99.7 Å². The zero-order valence-electron chi connectivity index (χ0n) is 43.7. The van der Waals surface area contributed by atoms with E-state index in [1.165, 1.54) is 22.7 Å². The zero-order valence-corrected chi connectivity index (χ0v) is 46.1. The first-order chi connectivity index (χ1) is 38.6. The molecule has 0 amide bonds. The molecule has 0 radical (unpaired) electrons. The van der Waals surface area contributed by atoms with Crippen molar-refractivity contribution in [2.45, 2.75) is 89.9 Å². The molecule has 0 bridgehead atoms. The summed E-state index contributed by atoms with van der Waals surface area (Å²) in [5.74, 6) is -5.86. The summed E-state index contributed by atoms with van der Waals surface area (Å²) in [5, 5.41) is 0. The Bertz CT molecular complexity index is 2730. The van der Waals surface area contributed by atoms with Crippen molar-refractivity contribution in [3.63, 3.8) is 0 Å². The highest BCUT2D eigenvalue weighted by Gasteiger charge is 2.35. The van der Waals surface area contributed by atoms with Gasteiger partial charge in [0.05, 0.1) is 72.0 Å². The SMILES string of the molecule is C=CC(=O)OCCOC(=O)CCC(=O)OCCc1ccc(OC(=O)[C@H]2CC[C@H](C(=O)Oc3ccc(OC(=O)[C@H]4CC[C@H](C(=O)Oc5ccc(CCOC(=O)CCC(=O)OCCOC(=O)C=C)cc5)CC4)c4sc(=S)sc34)CC2)cc1. The average molecular weight is 1160 g/mol. The van der Waals surface area contributed by atoms with Crippen LogP contribution in [0.4, 0.5) is 0 Å². The van der Waals surface area contributed by atoms with Crippen LogP contribution in [-0.4, -0.2) is 99.3 Å². The highest BCUT2D eigenvalue weighted by molar-refractivity contribution is 7.77. The lowest BCUT2D eigenvalue weighted by molar-refractivity contribution is -0.152. The van der Waals surface area contributed by atoms with E-state index in [1.807, 2.05) is 0 Å². The fourth-order valence-corrected chi connectivity index (χ4v) is 11.0. The van der Waals surface area contributed by atoms with Gasteiger partial charge >= 0.3 is 59.7 Å². The summed E-state index contributed by atoms with van der Waals surface area (Å²) in [6.07, 6.45) is 5.35. The number of fused-ring (bicyclic) bond motifs is 1. The number of ether oxygens (including phenoxy) is 10. The van der Waals surface area contributed by atoms with Gasteiger partial charge < -0.3 is 47.4 Å². The molecule has 6 rings (SSSR count). The lowest BCUT2D eigenvalue weighted by Gasteiger charge is -2.26. The summed E-state index contributed by atoms with van der Waals surface area (Å²) >= 11 is 7.98. The van der Waals surface area contributed by atoms with Gasteiger partial charge in [0.25, 0.3) is 0 Å². The van der Waals surface area contributed by atoms with Crippen molar-refractivity contribution in [1.29, 1.82) is 0 Å². The van der Waals surface area contributed by atoms with Crippen LogP contribution in [0.2, 0.25) is 0 Å². The molecule has 3 aromatic carbocycles. The van der Waals surface area contributed by atoms with Gasteiger partial charge in [0.1, 0.15) is 52.6 Å². The second-order valence-corrected chi connectivity index (χ2v) is 21.6. The third kappa shape index (κ3) is 20.2. The molecule has 2 fully saturated rings. The largest absolute Gasteiger partial charge is 0.465 e. The third-order valence-corrected chi connectivity index (χ3v) is 15.5. The minimum atomic E-state index is -0.636. The predicted octanol–water partition coefficient (Wildman–Crippen LogP) is 8.60. The Morgan fingerprint density at radius 3 is 1.01 bits per heavy atom. The van der Waals surface area contributed by atoms with Gasteiger partial charge in [-0.3, -0.25) is 38.4 Å². The first-order valence-corrected chi connectivity index (χ1v) is 27.9. The van der Waals surface area contributed by atoms with Gasteiger partial charge in [0, 0.05) is 25.0 Å². The van der Waals surface area contributed by atoms with Crippen LogP contribution in [0.5, 0.6) is 23.0 Å². The molecule has 20 nitrogen and oxygen atoms in total. The number of hydrogen-bond acceptors (Lipinski definition) is 23. The molecule has 426 valence electrons. The molecule has 0 spiro atoms. The smallest absolute Gasteiger partial charge is 0.330 e. The van der Waals surface area contributed by atoms with E-state index in [-0.39, 0.29) is 65.3 Å². The molecule has 2 aliphatic carbocycles. The molecule has 0 unspecified atom stereocenters. The second-order valence-electron chi connectivity index (χ2n) is 18.4. The van der Waals surface area contributed by atoms with Gasteiger partial charge in [0.2, 0.25) is 0 Å². The summed E-state index contributed by atoms with van der Waals surface area (Å²) in [4.78, 5) is 123. The number of esters is 10. The van der Waals surface area contributed by atoms with Crippen LogP contribution in [0.3, 0.4) is 0 Å². The zero-order chi connectivity index (χ0) is 57.4. The standard InChI is InChI=1S/C57H60O20S3/c1-3-45(58)70-31-33-72-49(62)25-23-47(60)68-29-27-35-5-17-41(18-6-35)74-53(64)37-9-13-39(14-10-37)55(66)76-43-21-22-44(52-51(43)79-57(78)80-52)77-56(67)40-15-11-38(12-16-40)54(65)75-42-19-7-36(8-20-42)28-30-69-48(61)24-26-50(63)73-34-32-71-46(59)4-2/h3-8,17-22,37-40H,1-2,9-16,23-34H2/t37-,38-,39-,40-. The van der Waals surface area contributed by atoms with E-state index < -0.39 is 83.4 Å². The van der Waals surface area contributed by atoms with Crippen molar-refractivity contribution >= 4 is 104 Å². The third-order valence-electron chi connectivity index (χ3n) is 12.8. The first-order valence-electron chi connectivity index (χ1n) is 25.9. The average Bonchev–Trinajstić information content (AvgIpc) is 3.87. The Morgan fingerprint density at radius 2 is 0.700 bits per heavy atom. The minimum Gasteiger partial charge on any atom is -0.465 e. The maximum absolute atomic E-state index is 13.5. The minimum absolute atomic E-state index is 0.0712. The van der Waals surface area contributed by atoms with Gasteiger partial charge in [-0.25, -0.2) is 9.59 Å². The van der Waals surface area contributed by atoms with Gasteiger partial charge in [-0.05, 0) is 98.9 Å². The van der Waals surface area contributed by atoms with E-state index in [4.69, 9.17) is 59.6 Å². The van der Waals surface area contributed by atoms with Crippen LogP contribution < -0.4 is 18.9 Å². The van der Waals surface area contributed by atoms with Crippen LogP contribution in [0.1, 0.15) is 88.2 Å². The molecule has 0 saturated heterocycles. The van der Waals surface area contributed by atoms with Crippen molar-refractivity contribution in [2.24, 2.45) is 23.7 Å². The Kier molecular flexibility index (Phi) is 24.5. The van der Waals surface area contributed by atoms with E-state index in [2.05, 4.69) is 13.2 Å². The van der Waals surface area contributed by atoms with Crippen LogP contribution in [0, 0.1) is 26.8 Å². The summed E-state index contributed by atoms with van der Waals surface area (Å²) in [6, 6.07) is 16.7. The Balaban J connectivity index is 0.854. The molecule has 0 N–H and O–H groups in total. The predicted molar refractivity (Wildman–Crippen MR) is 289 cm³/mol. The van der Waals surface area contributed by atoms with Gasteiger partial charge in [0.15, 0.2) is 0 Å². The highest BCUT2D eigenvalue weighted by atomic mass is 32.2. The number of carbonyl (C=O) groups is 10. The quantitative estimate of drug-likeness (QED) is 0.0129. The van der Waals surface area contributed by atoms with Crippen LogP contribution in [0.25, 0.3) is 9.40 Å². The van der Waals surface area contributed by atoms with E-state index in [1.54, 1.807) is 60.7 Å². The summed E-state index contributed by atoms with van der Waals surface area (Å²) < 4.78 is 54.4. The van der Waals surface area contributed by atoms with Crippen molar-refractivity contribution < 1.29 is 95.3 Å². The van der Waals surface area contributed by atoms with Crippen LogP contribution in [0.15, 0.2) is 86.0 Å². The summed E-state index contributed by atoms with van der Waals surface area (Å²) in [5.41, 5.74) is 1.65. The number of rotatable bonds is 28. The van der Waals surface area contributed by atoms with Crippen molar-refractivity contribution in [2.75, 3.05) is 39.6 Å². The molecule has 0 atom stereocenters. The first kappa shape index (κ1) is 61.6. The van der Waals surface area contributed by atoms with E-state index in [9.17, 15) is 47.9 Å². The Hall–Kier alpha value is -7.63. The maximum atomic E-state index is 13.5. The molecule has 4 aromatic rings. The summed E-state index contributed by atoms with van der Waals surface area (Å²) in [6.45, 7) is 6.14.